The van der Waals surface area contributed by atoms with Crippen LogP contribution >= 0.6 is 22.9 Å². The molecule has 1 amide bonds. The van der Waals surface area contributed by atoms with Crippen molar-refractivity contribution in [1.82, 2.24) is 0 Å². The summed E-state index contributed by atoms with van der Waals surface area (Å²) in [5.74, 6) is -1.42. The number of nitrogens with zero attached hydrogens (tertiary/aromatic N) is 1. The van der Waals surface area contributed by atoms with Gasteiger partial charge in [-0.25, -0.2) is 0 Å². The van der Waals surface area contributed by atoms with Crippen LogP contribution in [0.25, 0.3) is 0 Å². The quantitative estimate of drug-likeness (QED) is 0.694. The summed E-state index contributed by atoms with van der Waals surface area (Å²) in [5.41, 5.74) is -0.551. The highest BCUT2D eigenvalue weighted by atomic mass is 35.5. The molecule has 0 atom stereocenters. The molecule has 0 aliphatic rings. The van der Waals surface area contributed by atoms with Crippen molar-refractivity contribution in [1.29, 1.82) is 0 Å². The number of carbonyl (C=O) groups is 1. The second kappa shape index (κ2) is 5.33. The van der Waals surface area contributed by atoms with Gasteiger partial charge < -0.3 is 5.32 Å². The Morgan fingerprint density at radius 2 is 2.11 bits per heavy atom. The molecule has 0 unspecified atom stereocenters. The third kappa shape index (κ3) is 3.07. The summed E-state index contributed by atoms with van der Waals surface area (Å²) >= 11 is 6.77. The van der Waals surface area contributed by atoms with Gasteiger partial charge in [0, 0.05) is 11.8 Å². The number of nitrogens with one attached hydrogen (secondary N) is 1. The monoisotopic (exact) mass is 300 g/mol. The molecule has 0 spiro atoms. The van der Waals surface area contributed by atoms with Crippen LogP contribution in [0.1, 0.15) is 9.67 Å². The number of nitro benzene ring substituents is 1. The second-order valence-corrected chi connectivity index (χ2v) is 5.20. The van der Waals surface area contributed by atoms with Gasteiger partial charge in [-0.15, -0.1) is 11.3 Å². The summed E-state index contributed by atoms with van der Waals surface area (Å²) in [5, 5.41) is 13.0. The number of amides is 1. The zero-order valence-electron chi connectivity index (χ0n) is 9.22. The topological polar surface area (TPSA) is 72.2 Å². The zero-order chi connectivity index (χ0) is 14.0. The van der Waals surface area contributed by atoms with Gasteiger partial charge in [0.25, 0.3) is 5.91 Å². The smallest absolute Gasteiger partial charge is 0.306 e. The number of hydrogen-bond donors (Lipinski definition) is 1. The minimum Gasteiger partial charge on any atom is -0.321 e. The number of rotatable bonds is 3. The Kier molecular flexibility index (Phi) is 3.77. The predicted molar refractivity (Wildman–Crippen MR) is 70.3 cm³/mol. The molecule has 0 fully saturated rings. The van der Waals surface area contributed by atoms with Gasteiger partial charge >= 0.3 is 5.69 Å². The second-order valence-electron chi connectivity index (χ2n) is 3.48. The van der Waals surface area contributed by atoms with Gasteiger partial charge in [-0.2, -0.15) is 4.39 Å². The van der Waals surface area contributed by atoms with E-state index < -0.39 is 22.3 Å². The first-order valence-electron chi connectivity index (χ1n) is 4.98. The lowest BCUT2D eigenvalue weighted by molar-refractivity contribution is -0.387. The van der Waals surface area contributed by atoms with Crippen LogP contribution in [0, 0.1) is 15.9 Å². The van der Waals surface area contributed by atoms with E-state index in [2.05, 4.69) is 5.32 Å². The van der Waals surface area contributed by atoms with E-state index in [0.29, 0.717) is 9.21 Å². The van der Waals surface area contributed by atoms with E-state index in [1.165, 1.54) is 12.1 Å². The van der Waals surface area contributed by atoms with Crippen LogP contribution in [-0.2, 0) is 0 Å². The average Bonchev–Trinajstić information content (AvgIpc) is 2.78. The van der Waals surface area contributed by atoms with Crippen molar-refractivity contribution in [2.75, 3.05) is 5.32 Å². The molecule has 1 N–H and O–H groups in total. The maximum absolute atomic E-state index is 13.1. The molecule has 0 bridgehead atoms. The Hall–Kier alpha value is -1.99. The van der Waals surface area contributed by atoms with Crippen LogP contribution in [0.4, 0.5) is 15.8 Å². The van der Waals surface area contributed by atoms with Crippen molar-refractivity contribution < 1.29 is 14.1 Å². The highest BCUT2D eigenvalue weighted by Gasteiger charge is 2.16. The van der Waals surface area contributed by atoms with Gasteiger partial charge in [0.2, 0.25) is 5.82 Å². The molecule has 8 heteroatoms. The number of anilines is 1. The van der Waals surface area contributed by atoms with Crippen molar-refractivity contribution in [3.05, 3.63) is 55.5 Å². The maximum atomic E-state index is 13.1. The van der Waals surface area contributed by atoms with Crippen LogP contribution in [0.15, 0.2) is 30.3 Å². The molecule has 0 saturated heterocycles. The number of thiophene rings is 1. The molecule has 1 heterocycles. The Morgan fingerprint density at radius 1 is 1.37 bits per heavy atom. The first-order chi connectivity index (χ1) is 8.97. The Labute approximate surface area is 115 Å². The number of hydrogen-bond acceptors (Lipinski definition) is 4. The molecule has 0 aliphatic carbocycles. The predicted octanol–water partition coefficient (Wildman–Crippen LogP) is 3.70. The van der Waals surface area contributed by atoms with Crippen LogP contribution in [0.5, 0.6) is 0 Å². The van der Waals surface area contributed by atoms with E-state index in [0.717, 1.165) is 23.5 Å². The third-order valence-corrected chi connectivity index (χ3v) is 3.43. The molecule has 0 saturated carbocycles. The molecule has 2 rings (SSSR count). The van der Waals surface area contributed by atoms with Gasteiger partial charge in [-0.3, -0.25) is 14.9 Å². The van der Waals surface area contributed by atoms with Crippen molar-refractivity contribution in [3.63, 3.8) is 0 Å². The van der Waals surface area contributed by atoms with Crippen LogP contribution in [-0.4, -0.2) is 10.8 Å². The largest absolute Gasteiger partial charge is 0.321 e. The maximum Gasteiger partial charge on any atom is 0.306 e. The van der Waals surface area contributed by atoms with E-state index >= 15 is 0 Å². The standard InChI is InChI=1S/C11H6ClFN2O3S/c12-10-4-3-9(19-10)11(16)14-6-1-2-7(13)8(5-6)15(17)18/h1-5H,(H,14,16). The molecule has 5 nitrogen and oxygen atoms in total. The lowest BCUT2D eigenvalue weighted by Gasteiger charge is -2.03. The van der Waals surface area contributed by atoms with Gasteiger partial charge in [0.15, 0.2) is 0 Å². The number of benzene rings is 1. The minimum atomic E-state index is -0.956. The first kappa shape index (κ1) is 13.4. The molecular formula is C11H6ClFN2O3S. The summed E-state index contributed by atoms with van der Waals surface area (Å²) in [6.07, 6.45) is 0. The van der Waals surface area contributed by atoms with Gasteiger partial charge in [-0.1, -0.05) is 11.6 Å². The Bertz CT molecular complexity index is 659. The van der Waals surface area contributed by atoms with Gasteiger partial charge in [0.05, 0.1) is 14.1 Å². The summed E-state index contributed by atoms with van der Waals surface area (Å²) < 4.78 is 13.6. The highest BCUT2D eigenvalue weighted by molar-refractivity contribution is 7.18. The lowest BCUT2D eigenvalue weighted by atomic mass is 10.2. The van der Waals surface area contributed by atoms with Crippen LogP contribution in [0.2, 0.25) is 4.34 Å². The summed E-state index contributed by atoms with van der Waals surface area (Å²) in [6, 6.07) is 6.22. The summed E-state index contributed by atoms with van der Waals surface area (Å²) in [7, 11) is 0. The molecule has 0 radical (unpaired) electrons. The van der Waals surface area contributed by atoms with E-state index in [-0.39, 0.29) is 5.69 Å². The fourth-order valence-corrected chi connectivity index (χ4v) is 2.30. The van der Waals surface area contributed by atoms with Crippen molar-refractivity contribution in [2.45, 2.75) is 0 Å². The summed E-state index contributed by atoms with van der Waals surface area (Å²) in [6.45, 7) is 0. The van der Waals surface area contributed by atoms with Crippen LogP contribution in [0.3, 0.4) is 0 Å². The Balaban J connectivity index is 2.22. The number of carbonyl (C=O) groups excluding carboxylic acids is 1. The summed E-state index contributed by atoms with van der Waals surface area (Å²) in [4.78, 5) is 21.8. The van der Waals surface area contributed by atoms with Crippen molar-refractivity contribution in [3.8, 4) is 0 Å². The van der Waals surface area contributed by atoms with Crippen molar-refractivity contribution in [2.24, 2.45) is 0 Å². The van der Waals surface area contributed by atoms with E-state index in [9.17, 15) is 19.3 Å². The van der Waals surface area contributed by atoms with Crippen molar-refractivity contribution >= 4 is 40.2 Å². The average molecular weight is 301 g/mol. The lowest BCUT2D eigenvalue weighted by Crippen LogP contribution is -2.10. The van der Waals surface area contributed by atoms with Gasteiger partial charge in [-0.05, 0) is 24.3 Å². The first-order valence-corrected chi connectivity index (χ1v) is 6.17. The van der Waals surface area contributed by atoms with E-state index in [1.54, 1.807) is 6.07 Å². The molecule has 1 aromatic heterocycles. The minimum absolute atomic E-state index is 0.141. The molecule has 98 valence electrons. The zero-order valence-corrected chi connectivity index (χ0v) is 10.8. The highest BCUT2D eigenvalue weighted by Crippen LogP contribution is 2.24. The molecule has 2 aromatic rings. The fraction of sp³-hybridized carbons (Fsp3) is 0. The fourth-order valence-electron chi connectivity index (χ4n) is 1.36. The SMILES string of the molecule is O=C(Nc1ccc(F)c([N+](=O)[O-])c1)c1ccc(Cl)s1. The molecular weight excluding hydrogens is 295 g/mol. The third-order valence-electron chi connectivity index (χ3n) is 2.20. The molecule has 0 aliphatic heterocycles. The number of halogens is 2. The molecule has 1 aromatic carbocycles. The van der Waals surface area contributed by atoms with E-state index in [4.69, 9.17) is 11.6 Å². The Morgan fingerprint density at radius 3 is 2.68 bits per heavy atom. The van der Waals surface area contributed by atoms with Gasteiger partial charge in [0.1, 0.15) is 0 Å². The van der Waals surface area contributed by atoms with E-state index in [1.807, 2.05) is 0 Å². The number of nitro groups is 1. The normalized spacial score (nSPS) is 10.2. The molecule has 19 heavy (non-hydrogen) atoms. The van der Waals surface area contributed by atoms with Crippen LogP contribution < -0.4 is 5.32 Å².